The van der Waals surface area contributed by atoms with Crippen molar-refractivity contribution in [2.45, 2.75) is 20.0 Å². The highest BCUT2D eigenvalue weighted by molar-refractivity contribution is 9.10. The third-order valence-electron chi connectivity index (χ3n) is 1.89. The highest BCUT2D eigenvalue weighted by Crippen LogP contribution is 2.19. The van der Waals surface area contributed by atoms with Crippen molar-refractivity contribution in [1.29, 1.82) is 5.26 Å². The van der Waals surface area contributed by atoms with Gasteiger partial charge < -0.3 is 4.74 Å². The van der Waals surface area contributed by atoms with Gasteiger partial charge in [-0.05, 0) is 31.6 Å². The van der Waals surface area contributed by atoms with Crippen LogP contribution in [0.4, 0.5) is 0 Å². The average Bonchev–Trinajstić information content (AvgIpc) is 2.27. The molecule has 0 atom stereocenters. The lowest BCUT2D eigenvalue weighted by Crippen LogP contribution is -2.12. The van der Waals surface area contributed by atoms with Crippen molar-refractivity contribution < 1.29 is 9.53 Å². The Morgan fingerprint density at radius 1 is 1.47 bits per heavy atom. The Bertz CT molecular complexity index is 486. The molecule has 0 saturated carbocycles. The zero-order valence-corrected chi connectivity index (χ0v) is 11.2. The predicted octanol–water partition coefficient (Wildman–Crippen LogP) is 3.31. The minimum Gasteiger partial charge on any atom is -0.459 e. The van der Waals surface area contributed by atoms with Crippen LogP contribution in [-0.4, -0.2) is 12.1 Å². The minimum atomic E-state index is -0.599. The first kappa shape index (κ1) is 13.5. The quantitative estimate of drug-likeness (QED) is 0.488. The van der Waals surface area contributed by atoms with Crippen molar-refractivity contribution >= 4 is 28.0 Å². The highest BCUT2D eigenvalue weighted by atomic mass is 79.9. The van der Waals surface area contributed by atoms with Crippen molar-refractivity contribution in [3.05, 3.63) is 39.9 Å². The number of halogens is 1. The van der Waals surface area contributed by atoms with Crippen LogP contribution in [0.25, 0.3) is 6.08 Å². The molecule has 0 heterocycles. The molecular formula is C13H12BrNO2. The summed E-state index contributed by atoms with van der Waals surface area (Å²) in [6, 6.07) is 9.19. The first-order chi connectivity index (χ1) is 8.04. The second-order valence-electron chi connectivity index (χ2n) is 3.65. The topological polar surface area (TPSA) is 50.1 Å². The van der Waals surface area contributed by atoms with E-state index in [1.165, 1.54) is 6.08 Å². The zero-order chi connectivity index (χ0) is 12.8. The van der Waals surface area contributed by atoms with Gasteiger partial charge in [0.25, 0.3) is 0 Å². The Balaban J connectivity index is 3.00. The molecule has 0 spiro atoms. The smallest absolute Gasteiger partial charge is 0.349 e. The van der Waals surface area contributed by atoms with Crippen molar-refractivity contribution in [3.8, 4) is 6.07 Å². The summed E-state index contributed by atoms with van der Waals surface area (Å²) in [5.41, 5.74) is 0.760. The molecule has 0 saturated heterocycles. The molecule has 3 nitrogen and oxygen atoms in total. The predicted molar refractivity (Wildman–Crippen MR) is 69.0 cm³/mol. The van der Waals surface area contributed by atoms with Crippen LogP contribution in [-0.2, 0) is 9.53 Å². The van der Waals surface area contributed by atoms with E-state index in [9.17, 15) is 4.79 Å². The van der Waals surface area contributed by atoms with Crippen molar-refractivity contribution in [1.82, 2.24) is 0 Å². The number of carbonyl (C=O) groups is 1. The minimum absolute atomic E-state index is 0.00870. The van der Waals surface area contributed by atoms with Crippen molar-refractivity contribution in [3.63, 3.8) is 0 Å². The van der Waals surface area contributed by atoms with Gasteiger partial charge in [0.2, 0.25) is 0 Å². The normalized spacial score (nSPS) is 11.1. The maximum atomic E-state index is 11.6. The number of nitriles is 1. The average molecular weight is 294 g/mol. The molecule has 0 amide bonds. The largest absolute Gasteiger partial charge is 0.459 e. The van der Waals surface area contributed by atoms with E-state index in [-0.39, 0.29) is 11.7 Å². The summed E-state index contributed by atoms with van der Waals surface area (Å²) >= 11 is 3.35. The third-order valence-corrected chi connectivity index (χ3v) is 2.61. The number of rotatable bonds is 3. The fourth-order valence-corrected chi connectivity index (χ4v) is 1.56. The lowest BCUT2D eigenvalue weighted by Gasteiger charge is -2.06. The van der Waals surface area contributed by atoms with Gasteiger partial charge in [-0.1, -0.05) is 34.1 Å². The number of nitrogens with zero attached hydrogens (tertiary/aromatic N) is 1. The Morgan fingerprint density at radius 2 is 2.12 bits per heavy atom. The molecule has 0 fully saturated rings. The molecule has 0 bridgehead atoms. The molecule has 1 aromatic rings. The second-order valence-corrected chi connectivity index (χ2v) is 4.50. The monoisotopic (exact) mass is 293 g/mol. The molecule has 17 heavy (non-hydrogen) atoms. The Kier molecular flexibility index (Phi) is 4.92. The van der Waals surface area contributed by atoms with Crippen LogP contribution in [0.2, 0.25) is 0 Å². The van der Waals surface area contributed by atoms with Gasteiger partial charge in [0.1, 0.15) is 11.6 Å². The molecule has 88 valence electrons. The van der Waals surface area contributed by atoms with Gasteiger partial charge in [-0.3, -0.25) is 0 Å². The number of hydrogen-bond acceptors (Lipinski definition) is 3. The van der Waals surface area contributed by atoms with Gasteiger partial charge in [0.05, 0.1) is 6.10 Å². The van der Waals surface area contributed by atoms with Crippen LogP contribution < -0.4 is 0 Å². The standard InChI is InChI=1S/C13H12BrNO2/c1-9(2)17-13(16)11(8-15)7-10-5-3-4-6-12(10)14/h3-7,9H,1-2H3. The van der Waals surface area contributed by atoms with E-state index in [2.05, 4.69) is 15.9 Å². The Labute approximate surface area is 109 Å². The fourth-order valence-electron chi connectivity index (χ4n) is 1.16. The zero-order valence-electron chi connectivity index (χ0n) is 9.61. The highest BCUT2D eigenvalue weighted by Gasteiger charge is 2.12. The fraction of sp³-hybridized carbons (Fsp3) is 0.231. The van der Waals surface area contributed by atoms with Gasteiger partial charge in [0, 0.05) is 4.47 Å². The van der Waals surface area contributed by atoms with E-state index in [4.69, 9.17) is 10.00 Å². The maximum absolute atomic E-state index is 11.6. The molecule has 1 aromatic carbocycles. The van der Waals surface area contributed by atoms with Gasteiger partial charge in [-0.2, -0.15) is 5.26 Å². The second kappa shape index (κ2) is 6.21. The lowest BCUT2D eigenvalue weighted by molar-refractivity contribution is -0.142. The number of hydrogen-bond donors (Lipinski definition) is 0. The Morgan fingerprint density at radius 3 is 2.65 bits per heavy atom. The van der Waals surface area contributed by atoms with E-state index < -0.39 is 5.97 Å². The molecule has 0 aliphatic heterocycles. The van der Waals surface area contributed by atoms with E-state index in [1.54, 1.807) is 13.8 Å². The van der Waals surface area contributed by atoms with E-state index in [0.717, 1.165) is 10.0 Å². The van der Waals surface area contributed by atoms with Crippen LogP contribution in [0.5, 0.6) is 0 Å². The number of esters is 1. The first-order valence-corrected chi connectivity index (χ1v) is 5.91. The van der Waals surface area contributed by atoms with Crippen LogP contribution in [0, 0.1) is 11.3 Å². The third kappa shape index (κ3) is 4.04. The maximum Gasteiger partial charge on any atom is 0.349 e. The molecule has 0 aliphatic carbocycles. The number of benzene rings is 1. The van der Waals surface area contributed by atoms with E-state index in [0.29, 0.717) is 0 Å². The van der Waals surface area contributed by atoms with Gasteiger partial charge >= 0.3 is 5.97 Å². The SMILES string of the molecule is CC(C)OC(=O)C(C#N)=Cc1ccccc1Br. The number of ether oxygens (including phenoxy) is 1. The van der Waals surface area contributed by atoms with E-state index >= 15 is 0 Å². The Hall–Kier alpha value is -1.60. The summed E-state index contributed by atoms with van der Waals surface area (Å²) < 4.78 is 5.79. The molecule has 0 radical (unpaired) electrons. The molecular weight excluding hydrogens is 282 g/mol. The van der Waals surface area contributed by atoms with Gasteiger partial charge in [0.15, 0.2) is 0 Å². The summed E-state index contributed by atoms with van der Waals surface area (Å²) in [7, 11) is 0. The van der Waals surface area contributed by atoms with Crippen molar-refractivity contribution in [2.75, 3.05) is 0 Å². The van der Waals surface area contributed by atoms with Crippen LogP contribution in [0.15, 0.2) is 34.3 Å². The van der Waals surface area contributed by atoms with Crippen LogP contribution >= 0.6 is 15.9 Å². The number of carbonyl (C=O) groups excluding carboxylic acids is 1. The summed E-state index contributed by atoms with van der Waals surface area (Å²) in [6.07, 6.45) is 1.27. The summed E-state index contributed by atoms with van der Waals surface area (Å²) in [5.74, 6) is -0.599. The summed E-state index contributed by atoms with van der Waals surface area (Å²) in [6.45, 7) is 3.48. The first-order valence-electron chi connectivity index (χ1n) is 5.12. The van der Waals surface area contributed by atoms with Gasteiger partial charge in [-0.25, -0.2) is 4.79 Å². The molecule has 0 unspecified atom stereocenters. The molecule has 0 aromatic heterocycles. The van der Waals surface area contributed by atoms with E-state index in [1.807, 2.05) is 30.3 Å². The summed E-state index contributed by atoms with van der Waals surface area (Å²) in [4.78, 5) is 11.6. The van der Waals surface area contributed by atoms with Crippen molar-refractivity contribution in [2.24, 2.45) is 0 Å². The molecule has 1 rings (SSSR count). The van der Waals surface area contributed by atoms with Crippen LogP contribution in [0.1, 0.15) is 19.4 Å². The van der Waals surface area contributed by atoms with Crippen LogP contribution in [0.3, 0.4) is 0 Å². The molecule has 4 heteroatoms. The summed E-state index contributed by atoms with van der Waals surface area (Å²) in [5, 5.41) is 8.93. The lowest BCUT2D eigenvalue weighted by atomic mass is 10.1. The van der Waals surface area contributed by atoms with Gasteiger partial charge in [-0.15, -0.1) is 0 Å². The molecule has 0 aliphatic rings. The molecule has 0 N–H and O–H groups in total.